The number of carbonyl (C=O) groups is 4. The smallest absolute Gasteiger partial charge is 0.768 e. The molecule has 0 saturated heterocycles. The number of anilines is 3. The first-order valence-electron chi connectivity index (χ1n) is 32.3. The van der Waals surface area contributed by atoms with Crippen molar-refractivity contribution >= 4 is 147 Å². The summed E-state index contributed by atoms with van der Waals surface area (Å²) in [6, 6.07) is 55.8. The quantitative estimate of drug-likeness (QED) is 0.0460. The van der Waals surface area contributed by atoms with E-state index in [0.29, 0.717) is 84.2 Å². The summed E-state index contributed by atoms with van der Waals surface area (Å²) in [4.78, 5) is 59.4. The SMILES string of the molecule is CC(=O)CNS(=O)(=O)c1cccc2c(C)cccc12.CC(=O)CNS(=O)(=O)c1cccc2c(O)cccc12.CCN1c2ncc(CCOc3cccc4c(S(=O)(=O)NCC(=O)O)cccc34)cc2C(=O)N(C)c2cccnc21.Cc1cccc2c(S(=O)[O-])cccc12.O=S([O-])c1cccc2c(O)cccc12.[Na+].[Na+]. The van der Waals surface area contributed by atoms with Crippen LogP contribution in [0.25, 0.3) is 53.9 Å². The predicted molar refractivity (Wildman–Crippen MR) is 405 cm³/mol. The summed E-state index contributed by atoms with van der Waals surface area (Å²) in [6.45, 7) is 8.19. The minimum atomic E-state index is -4.05. The number of ether oxygens (including phenoxy) is 1. The number of benzene rings is 10. The maximum Gasteiger partial charge on any atom is 1.00 e. The van der Waals surface area contributed by atoms with Gasteiger partial charge < -0.3 is 39.0 Å². The Balaban J connectivity index is 0.000000202. The van der Waals surface area contributed by atoms with Crippen molar-refractivity contribution in [2.24, 2.45) is 0 Å². The number of aromatic nitrogens is 2. The van der Waals surface area contributed by atoms with Gasteiger partial charge in [-0.2, -0.15) is 4.72 Å². The number of fused-ring (bicyclic) bond motifs is 7. The van der Waals surface area contributed by atoms with E-state index in [4.69, 9.17) is 9.84 Å². The summed E-state index contributed by atoms with van der Waals surface area (Å²) in [7, 11) is -9.78. The number of hydrogen-bond donors (Lipinski definition) is 6. The van der Waals surface area contributed by atoms with E-state index in [1.165, 1.54) is 44.2 Å². The molecule has 0 saturated carbocycles. The van der Waals surface area contributed by atoms with Crippen LogP contribution in [0.15, 0.2) is 237 Å². The molecule has 2 unspecified atom stereocenters. The minimum Gasteiger partial charge on any atom is -0.768 e. The van der Waals surface area contributed by atoms with E-state index < -0.39 is 64.7 Å². The van der Waals surface area contributed by atoms with Crippen LogP contribution in [-0.4, -0.2) is 131 Å². The van der Waals surface area contributed by atoms with Crippen molar-refractivity contribution in [3.05, 3.63) is 235 Å². The number of sulfonamides is 3. The van der Waals surface area contributed by atoms with Crippen molar-refractivity contribution in [2.45, 2.75) is 65.5 Å². The summed E-state index contributed by atoms with van der Waals surface area (Å²) in [5.41, 5.74) is 4.08. The number of Topliss-reactive ketones (excluding diaryl/α,β-unsaturated/α-hetero) is 2. The van der Waals surface area contributed by atoms with Gasteiger partial charge in [-0.05, 0) is 156 Å². The Kier molecular flexibility index (Phi) is 30.9. The third-order valence-electron chi connectivity index (χ3n) is 16.5. The van der Waals surface area contributed by atoms with Crippen LogP contribution in [0.2, 0.25) is 0 Å². The van der Waals surface area contributed by atoms with Gasteiger partial charge in [-0.3, -0.25) is 27.6 Å². The molecule has 13 rings (SSSR count). The number of aromatic hydroxyl groups is 2. The Labute approximate surface area is 673 Å². The van der Waals surface area contributed by atoms with Crippen molar-refractivity contribution in [3.8, 4) is 17.2 Å². The number of aryl methyl sites for hydroxylation is 2. The van der Waals surface area contributed by atoms with Gasteiger partial charge in [0.2, 0.25) is 30.1 Å². The summed E-state index contributed by atoms with van der Waals surface area (Å²) in [5.74, 6) is -0.168. The largest absolute Gasteiger partial charge is 1.00 e. The molecule has 10 aromatic carbocycles. The molecule has 550 valence electrons. The second kappa shape index (κ2) is 38.5. The zero-order chi connectivity index (χ0) is 76.8. The van der Waals surface area contributed by atoms with Crippen LogP contribution < -0.4 is 87.8 Å². The van der Waals surface area contributed by atoms with Crippen LogP contribution >= 0.6 is 0 Å². The second-order valence-corrected chi connectivity index (χ2v) is 30.7. The normalized spacial score (nSPS) is 12.3. The Bertz CT molecular complexity index is 5560. The van der Waals surface area contributed by atoms with Crippen molar-refractivity contribution in [1.29, 1.82) is 0 Å². The molecule has 6 N–H and O–H groups in total. The number of aliphatic carboxylic acids is 1. The number of nitrogens with one attached hydrogen (secondary N) is 3. The molecule has 1 aliphatic rings. The molecule has 32 heteroatoms. The third-order valence-corrected chi connectivity index (χ3v) is 22.3. The number of rotatable bonds is 19. The van der Waals surface area contributed by atoms with Gasteiger partial charge >= 0.3 is 65.1 Å². The molecule has 25 nitrogen and oxygen atoms in total. The average molecular weight is 1580 g/mol. The van der Waals surface area contributed by atoms with Crippen LogP contribution in [0, 0.1) is 13.8 Å². The topological polar surface area (TPSA) is 389 Å². The fraction of sp³-hybridized carbons (Fsp3) is 0.158. The number of carboxylic acid groups (broad SMARTS) is 1. The van der Waals surface area contributed by atoms with Gasteiger partial charge in [0, 0.05) is 79.9 Å². The molecule has 0 bridgehead atoms. The number of hydrogen-bond acceptors (Lipinski definition) is 20. The first-order chi connectivity index (χ1) is 50.4. The second-order valence-electron chi connectivity index (χ2n) is 23.7. The van der Waals surface area contributed by atoms with E-state index in [-0.39, 0.29) is 127 Å². The van der Waals surface area contributed by atoms with E-state index >= 15 is 0 Å². The monoisotopic (exact) mass is 1580 g/mol. The summed E-state index contributed by atoms with van der Waals surface area (Å²) >= 11 is -4.43. The van der Waals surface area contributed by atoms with E-state index in [2.05, 4.69) is 24.1 Å². The first-order valence-corrected chi connectivity index (χ1v) is 38.9. The fourth-order valence-corrected chi connectivity index (χ4v) is 16.2. The Morgan fingerprint density at radius 1 is 0.509 bits per heavy atom. The fourth-order valence-electron chi connectivity index (χ4n) is 11.4. The molecular formula is C76H71N7Na2O18S5. The van der Waals surface area contributed by atoms with E-state index in [0.717, 1.165) is 32.8 Å². The number of nitrogens with zero attached hydrogens (tertiary/aromatic N) is 4. The number of amides is 1. The number of carboxylic acids is 1. The van der Waals surface area contributed by atoms with Crippen molar-refractivity contribution in [1.82, 2.24) is 24.1 Å². The van der Waals surface area contributed by atoms with Gasteiger partial charge in [-0.25, -0.2) is 44.7 Å². The van der Waals surface area contributed by atoms with Crippen LogP contribution in [0.3, 0.4) is 0 Å². The first kappa shape index (κ1) is 86.5. The molecular weight excluding hydrogens is 1510 g/mol. The van der Waals surface area contributed by atoms with Crippen molar-refractivity contribution in [3.63, 3.8) is 0 Å². The molecule has 1 amide bonds. The van der Waals surface area contributed by atoms with Gasteiger partial charge in [0.05, 0.1) is 45.6 Å². The molecule has 1 aliphatic heterocycles. The zero-order valence-electron chi connectivity index (χ0n) is 59.7. The molecule has 12 aromatic rings. The van der Waals surface area contributed by atoms with E-state index in [9.17, 15) is 72.2 Å². The Hall–Kier alpha value is -8.77. The number of phenolic OH excluding ortho intramolecular Hbond substituents is 2. The third kappa shape index (κ3) is 21.0. The van der Waals surface area contributed by atoms with Crippen LogP contribution in [0.1, 0.15) is 47.8 Å². The van der Waals surface area contributed by atoms with Gasteiger partial charge in [0.25, 0.3) is 5.91 Å². The number of pyridine rings is 2. The van der Waals surface area contributed by atoms with Gasteiger partial charge in [-0.15, -0.1) is 0 Å². The van der Waals surface area contributed by atoms with Gasteiger partial charge in [-0.1, -0.05) is 133 Å². The van der Waals surface area contributed by atoms with Crippen molar-refractivity contribution in [2.75, 3.05) is 49.6 Å². The van der Waals surface area contributed by atoms with Crippen LogP contribution in [-0.2, 0) is 73.0 Å². The van der Waals surface area contributed by atoms with Crippen molar-refractivity contribution < 1.29 is 141 Å². The Morgan fingerprint density at radius 2 is 0.907 bits per heavy atom. The molecule has 108 heavy (non-hydrogen) atoms. The van der Waals surface area contributed by atoms with Crippen LogP contribution in [0.4, 0.5) is 17.3 Å². The molecule has 0 spiro atoms. The molecule has 2 aromatic heterocycles. The maximum atomic E-state index is 13.4. The van der Waals surface area contributed by atoms with Gasteiger partial charge in [0.15, 0.2) is 5.82 Å². The van der Waals surface area contributed by atoms with Gasteiger partial charge in [0.1, 0.15) is 41.2 Å². The minimum absolute atomic E-state index is 0. The Morgan fingerprint density at radius 3 is 1.40 bits per heavy atom. The summed E-state index contributed by atoms with van der Waals surface area (Å²) in [5, 5.41) is 34.3. The summed E-state index contributed by atoms with van der Waals surface area (Å²) in [6.07, 6.45) is 3.85. The number of ketones is 2. The molecule has 3 heterocycles. The zero-order valence-corrected chi connectivity index (χ0v) is 67.8. The number of phenols is 2. The van der Waals surface area contributed by atoms with Crippen LogP contribution in [0.5, 0.6) is 17.2 Å². The molecule has 0 aliphatic carbocycles. The molecule has 0 radical (unpaired) electrons. The predicted octanol–water partition coefficient (Wildman–Crippen LogP) is 4.97. The maximum absolute atomic E-state index is 13.4. The van der Waals surface area contributed by atoms with E-state index in [1.54, 1.807) is 140 Å². The molecule has 2 atom stereocenters. The summed E-state index contributed by atoms with van der Waals surface area (Å²) < 4.78 is 130. The number of carbonyl (C=O) groups excluding carboxylic acids is 3. The molecule has 0 fully saturated rings. The standard InChI is InChI=1S/C28H27N5O6S.C14H15NO3S.C13H13NO4S.C11H10O2S.C10H8O3S.2Na/c1-3-33-26-21(28(36)32(2)22-9-6-13-29-27(22)33)15-18(16-30-26)12-14-39-23-10-4-8-20-19(23)7-5-11-24(20)40(37,38)31-17-25(34)35;1-10-5-3-7-13-12(10)6-4-8-14(13)19(17,18)15-9-11(2)16;1-9(15)8-14-19(17,18)13-7-3-4-10-11(13)5-2-6-12(10)16;1-8-4-2-6-10-9(8)5-3-7-11(10)14(12)13;11-9-5-1-4-8-7(9)3-2-6-10(8)14(12)13;;/h4-11,13,15-16,31H,3,12,14,17H2,1-2H3,(H,34,35);3-8,15H,9H2,1-2H3;2-7,14,16H,8H2,1H3;2-7H,1H3,(H,12,13);1-6,11H,(H,12,13);;/q;;;;;2*+1/p-2. The van der Waals surface area contributed by atoms with E-state index in [1.807, 2.05) is 80.3 Å². The average Bonchev–Trinajstić information content (AvgIpc) is 0.962.